The maximum atomic E-state index is 12.3. The Morgan fingerprint density at radius 3 is 2.55 bits per heavy atom. The lowest BCUT2D eigenvalue weighted by molar-refractivity contribution is -0.147. The minimum Gasteiger partial charge on any atom is -0.480 e. The van der Waals surface area contributed by atoms with Crippen molar-refractivity contribution in [2.75, 3.05) is 13.2 Å². The van der Waals surface area contributed by atoms with Gasteiger partial charge < -0.3 is 9.84 Å². The first kappa shape index (κ1) is 16.2. The van der Waals surface area contributed by atoms with Crippen molar-refractivity contribution in [3.05, 3.63) is 14.9 Å². The number of thiophene rings is 1. The Hall–Kier alpha value is -0.190. The molecule has 1 aromatic rings. The Morgan fingerprint density at radius 1 is 1.50 bits per heavy atom. The third kappa shape index (κ3) is 3.18. The lowest BCUT2D eigenvalue weighted by Crippen LogP contribution is -2.57. The highest BCUT2D eigenvalue weighted by atomic mass is 79.9. The smallest absolute Gasteiger partial charge is 0.325 e. The van der Waals surface area contributed by atoms with Crippen molar-refractivity contribution in [3.63, 3.8) is 0 Å². The summed E-state index contributed by atoms with van der Waals surface area (Å²) >= 11 is 9.87. The molecule has 0 bridgehead atoms. The largest absolute Gasteiger partial charge is 0.480 e. The van der Waals surface area contributed by atoms with E-state index in [9.17, 15) is 18.3 Å². The summed E-state index contributed by atoms with van der Waals surface area (Å²) in [4.78, 5) is 11.4. The Bertz CT molecular complexity index is 604. The highest BCUT2D eigenvalue weighted by Crippen LogP contribution is 2.35. The van der Waals surface area contributed by atoms with Crippen LogP contribution in [0.4, 0.5) is 0 Å². The van der Waals surface area contributed by atoms with Crippen LogP contribution < -0.4 is 4.72 Å². The number of sulfonamides is 1. The molecule has 0 atom stereocenters. The number of hydrogen-bond donors (Lipinski definition) is 2. The van der Waals surface area contributed by atoms with Crippen LogP contribution in [0.1, 0.15) is 12.8 Å². The molecule has 0 unspecified atom stereocenters. The van der Waals surface area contributed by atoms with Crippen molar-refractivity contribution < 1.29 is 23.1 Å². The summed E-state index contributed by atoms with van der Waals surface area (Å²) in [5, 5.41) is 9.61. The molecule has 0 aromatic carbocycles. The van der Waals surface area contributed by atoms with Gasteiger partial charge in [0.05, 0.1) is 8.81 Å². The van der Waals surface area contributed by atoms with Gasteiger partial charge in [-0.15, -0.1) is 11.3 Å². The van der Waals surface area contributed by atoms with E-state index in [2.05, 4.69) is 20.7 Å². The molecule has 20 heavy (non-hydrogen) atoms. The number of rotatable bonds is 4. The maximum absolute atomic E-state index is 12.3. The lowest BCUT2D eigenvalue weighted by atomic mass is 9.92. The van der Waals surface area contributed by atoms with Crippen molar-refractivity contribution in [2.24, 2.45) is 0 Å². The van der Waals surface area contributed by atoms with Crippen LogP contribution in [0.2, 0.25) is 5.02 Å². The van der Waals surface area contributed by atoms with Crippen molar-refractivity contribution in [2.45, 2.75) is 22.6 Å². The van der Waals surface area contributed by atoms with E-state index in [-0.39, 0.29) is 35.3 Å². The van der Waals surface area contributed by atoms with Gasteiger partial charge in [0.1, 0.15) is 9.75 Å². The van der Waals surface area contributed by atoms with Gasteiger partial charge in [-0.1, -0.05) is 11.6 Å². The summed E-state index contributed by atoms with van der Waals surface area (Å²) in [5.41, 5.74) is -1.53. The summed E-state index contributed by atoms with van der Waals surface area (Å²) in [6.45, 7) is 0.396. The van der Waals surface area contributed by atoms with Crippen molar-refractivity contribution >= 4 is 54.9 Å². The normalized spacial score (nSPS) is 18.9. The first-order valence-corrected chi connectivity index (χ1v) is 9.04. The first-order valence-electron chi connectivity index (χ1n) is 5.57. The van der Waals surface area contributed by atoms with E-state index in [0.29, 0.717) is 3.79 Å². The molecule has 1 saturated heterocycles. The van der Waals surface area contributed by atoms with Gasteiger partial charge in [-0.05, 0) is 22.0 Å². The van der Waals surface area contributed by atoms with Crippen LogP contribution in [0.3, 0.4) is 0 Å². The summed E-state index contributed by atoms with van der Waals surface area (Å²) in [6, 6.07) is 1.29. The molecule has 0 amide bonds. The molecule has 10 heteroatoms. The fourth-order valence-corrected chi connectivity index (χ4v) is 5.66. The quantitative estimate of drug-likeness (QED) is 0.801. The van der Waals surface area contributed by atoms with Gasteiger partial charge in [0.15, 0.2) is 0 Å². The van der Waals surface area contributed by atoms with Crippen LogP contribution in [0, 0.1) is 0 Å². The van der Waals surface area contributed by atoms with E-state index in [4.69, 9.17) is 16.3 Å². The second-order valence-corrected chi connectivity index (χ2v) is 8.98. The van der Waals surface area contributed by atoms with Gasteiger partial charge in [-0.25, -0.2) is 8.42 Å². The van der Waals surface area contributed by atoms with Gasteiger partial charge in [0, 0.05) is 26.1 Å². The van der Waals surface area contributed by atoms with E-state index >= 15 is 0 Å². The Labute approximate surface area is 133 Å². The van der Waals surface area contributed by atoms with Crippen LogP contribution in [0.15, 0.2) is 14.1 Å². The summed E-state index contributed by atoms with van der Waals surface area (Å²) in [5.74, 6) is -1.20. The SMILES string of the molecule is O=C(O)C1(NS(=O)(=O)c2cc(Cl)c(Br)s2)CCOCC1. The summed E-state index contributed by atoms with van der Waals surface area (Å²) < 4.78 is 32.4. The number of hydrogen-bond acceptors (Lipinski definition) is 5. The monoisotopic (exact) mass is 403 g/mol. The van der Waals surface area contributed by atoms with Crippen LogP contribution >= 0.6 is 38.9 Å². The molecule has 2 heterocycles. The van der Waals surface area contributed by atoms with Crippen LogP contribution in [-0.4, -0.2) is 38.2 Å². The summed E-state index contributed by atoms with van der Waals surface area (Å²) in [6.07, 6.45) is 0.170. The van der Waals surface area contributed by atoms with Crippen molar-refractivity contribution in [1.29, 1.82) is 0 Å². The molecule has 112 valence electrons. The van der Waals surface area contributed by atoms with Crippen LogP contribution in [0.5, 0.6) is 0 Å². The predicted molar refractivity (Wildman–Crippen MR) is 77.8 cm³/mol. The third-order valence-electron chi connectivity index (χ3n) is 2.97. The zero-order valence-electron chi connectivity index (χ0n) is 10.1. The Morgan fingerprint density at radius 2 is 2.10 bits per heavy atom. The van der Waals surface area contributed by atoms with E-state index in [0.717, 1.165) is 11.3 Å². The van der Waals surface area contributed by atoms with Crippen molar-refractivity contribution in [1.82, 2.24) is 4.72 Å². The molecule has 1 aromatic heterocycles. The number of carboxylic acids is 1. The zero-order valence-corrected chi connectivity index (χ0v) is 14.0. The fraction of sp³-hybridized carbons (Fsp3) is 0.500. The van der Waals surface area contributed by atoms with Crippen LogP contribution in [-0.2, 0) is 19.6 Å². The predicted octanol–water partition coefficient (Wildman–Crippen LogP) is 2.08. The Kier molecular flexibility index (Phi) is 4.77. The average Bonchev–Trinajstić information content (AvgIpc) is 2.71. The topological polar surface area (TPSA) is 92.7 Å². The standard InChI is InChI=1S/C10H11BrClNO5S2/c11-8-6(12)5-7(19-8)20(16,17)13-10(9(14)15)1-3-18-4-2-10/h5,13H,1-4H2,(H,14,15). The molecule has 2 N–H and O–H groups in total. The molecule has 1 aliphatic heterocycles. The third-order valence-corrected chi connectivity index (χ3v) is 7.46. The average molecular weight is 405 g/mol. The van der Waals surface area contributed by atoms with Crippen molar-refractivity contribution in [3.8, 4) is 0 Å². The number of aliphatic carboxylic acids is 1. The van der Waals surface area contributed by atoms with Gasteiger partial charge in [0.25, 0.3) is 10.0 Å². The van der Waals surface area contributed by atoms with E-state index in [1.807, 2.05) is 0 Å². The molecule has 2 rings (SSSR count). The number of nitrogens with one attached hydrogen (secondary N) is 1. The molecule has 6 nitrogen and oxygen atoms in total. The molecule has 1 aliphatic rings. The van der Waals surface area contributed by atoms with Gasteiger partial charge in [-0.3, -0.25) is 4.79 Å². The van der Waals surface area contributed by atoms with Crippen LogP contribution in [0.25, 0.3) is 0 Å². The maximum Gasteiger partial charge on any atom is 0.325 e. The van der Waals surface area contributed by atoms with E-state index in [1.54, 1.807) is 0 Å². The van der Waals surface area contributed by atoms with Gasteiger partial charge in [-0.2, -0.15) is 4.72 Å². The molecule has 0 radical (unpaired) electrons. The number of carboxylic acid groups (broad SMARTS) is 1. The summed E-state index contributed by atoms with van der Waals surface area (Å²) in [7, 11) is -3.95. The second-order valence-electron chi connectivity index (χ2n) is 4.29. The number of halogens is 2. The Balaban J connectivity index is 2.32. The lowest BCUT2D eigenvalue weighted by Gasteiger charge is -2.33. The minimum atomic E-state index is -3.95. The molecule has 0 saturated carbocycles. The number of carbonyl (C=O) groups is 1. The fourth-order valence-electron chi connectivity index (χ4n) is 1.85. The first-order chi connectivity index (χ1) is 9.27. The minimum absolute atomic E-state index is 0.0264. The number of ether oxygens (including phenoxy) is 1. The molecular weight excluding hydrogens is 394 g/mol. The van der Waals surface area contributed by atoms with Gasteiger partial charge >= 0.3 is 5.97 Å². The molecule has 1 fully saturated rings. The molecular formula is C10H11BrClNO5S2. The van der Waals surface area contributed by atoms with E-state index in [1.165, 1.54) is 6.07 Å². The van der Waals surface area contributed by atoms with E-state index < -0.39 is 21.5 Å². The van der Waals surface area contributed by atoms with Gasteiger partial charge in [0.2, 0.25) is 0 Å². The molecule has 0 aliphatic carbocycles. The zero-order chi connectivity index (χ0) is 15.0. The second kappa shape index (κ2) is 5.90. The molecule has 0 spiro atoms. The highest BCUT2D eigenvalue weighted by molar-refractivity contribution is 9.11. The highest BCUT2D eigenvalue weighted by Gasteiger charge is 2.44.